The Kier molecular flexibility index (Phi) is 6.64. The molecule has 100 valence electrons. The SMILES string of the molecule is COCCCOCc1ccc(C(N)=S)c(OC)c1. The van der Waals surface area contributed by atoms with Crippen LogP contribution in [-0.4, -0.2) is 32.4 Å². The number of benzene rings is 1. The van der Waals surface area contributed by atoms with Gasteiger partial charge in [-0.3, -0.25) is 0 Å². The lowest BCUT2D eigenvalue weighted by Crippen LogP contribution is -2.11. The van der Waals surface area contributed by atoms with E-state index in [4.69, 9.17) is 32.2 Å². The van der Waals surface area contributed by atoms with Gasteiger partial charge < -0.3 is 19.9 Å². The summed E-state index contributed by atoms with van der Waals surface area (Å²) in [4.78, 5) is 0.333. The minimum atomic E-state index is 0.333. The monoisotopic (exact) mass is 269 g/mol. The normalized spacial score (nSPS) is 10.3. The second-order valence-corrected chi connectivity index (χ2v) is 4.24. The molecule has 0 aliphatic rings. The number of hydrogen-bond acceptors (Lipinski definition) is 4. The molecule has 0 spiro atoms. The van der Waals surface area contributed by atoms with Crippen LogP contribution in [0.4, 0.5) is 0 Å². The molecule has 0 atom stereocenters. The molecule has 0 radical (unpaired) electrons. The summed E-state index contributed by atoms with van der Waals surface area (Å²) < 4.78 is 15.7. The number of hydrogen-bond donors (Lipinski definition) is 1. The predicted molar refractivity (Wildman–Crippen MR) is 75.0 cm³/mol. The van der Waals surface area contributed by atoms with E-state index in [1.165, 1.54) is 0 Å². The van der Waals surface area contributed by atoms with Gasteiger partial charge in [-0.15, -0.1) is 0 Å². The van der Waals surface area contributed by atoms with Crippen LogP contribution in [0.15, 0.2) is 18.2 Å². The lowest BCUT2D eigenvalue weighted by Gasteiger charge is -2.10. The summed E-state index contributed by atoms with van der Waals surface area (Å²) in [6.07, 6.45) is 0.888. The molecule has 0 saturated carbocycles. The van der Waals surface area contributed by atoms with Gasteiger partial charge >= 0.3 is 0 Å². The highest BCUT2D eigenvalue weighted by Crippen LogP contribution is 2.20. The molecule has 0 saturated heterocycles. The predicted octanol–water partition coefficient (Wildman–Crippen LogP) is 1.88. The van der Waals surface area contributed by atoms with Crippen molar-refractivity contribution in [2.24, 2.45) is 5.73 Å². The minimum absolute atomic E-state index is 0.333. The lowest BCUT2D eigenvalue weighted by molar-refractivity contribution is 0.0927. The fourth-order valence-electron chi connectivity index (χ4n) is 1.52. The molecule has 1 rings (SSSR count). The standard InChI is InChI=1S/C13H19NO3S/c1-15-6-3-7-17-9-10-4-5-11(13(14)18)12(8-10)16-2/h4-5,8H,3,6-7,9H2,1-2H3,(H2,14,18). The zero-order chi connectivity index (χ0) is 13.4. The van der Waals surface area contributed by atoms with Crippen LogP contribution in [0, 0.1) is 0 Å². The number of nitrogens with two attached hydrogens (primary N) is 1. The van der Waals surface area contributed by atoms with E-state index in [2.05, 4.69) is 0 Å². The summed E-state index contributed by atoms with van der Waals surface area (Å²) in [5.74, 6) is 0.681. The molecule has 5 heteroatoms. The van der Waals surface area contributed by atoms with Crippen LogP contribution in [0.25, 0.3) is 0 Å². The van der Waals surface area contributed by atoms with Crippen LogP contribution in [0.3, 0.4) is 0 Å². The van der Waals surface area contributed by atoms with Crippen molar-refractivity contribution in [2.75, 3.05) is 27.4 Å². The molecule has 1 aromatic carbocycles. The third kappa shape index (κ3) is 4.60. The van der Waals surface area contributed by atoms with Crippen molar-refractivity contribution in [3.05, 3.63) is 29.3 Å². The molecule has 0 amide bonds. The summed E-state index contributed by atoms with van der Waals surface area (Å²) in [5.41, 5.74) is 7.38. The van der Waals surface area contributed by atoms with Crippen molar-refractivity contribution in [1.82, 2.24) is 0 Å². The second kappa shape index (κ2) is 8.02. The highest BCUT2D eigenvalue weighted by atomic mass is 32.1. The van der Waals surface area contributed by atoms with Crippen molar-refractivity contribution >= 4 is 17.2 Å². The number of methoxy groups -OCH3 is 2. The van der Waals surface area contributed by atoms with E-state index in [0.29, 0.717) is 30.6 Å². The molecule has 2 N–H and O–H groups in total. The van der Waals surface area contributed by atoms with Gasteiger partial charge in [0, 0.05) is 20.3 Å². The third-order valence-electron chi connectivity index (χ3n) is 2.44. The van der Waals surface area contributed by atoms with Crippen LogP contribution in [-0.2, 0) is 16.1 Å². The first-order valence-electron chi connectivity index (χ1n) is 5.72. The summed E-state index contributed by atoms with van der Waals surface area (Å²) in [7, 11) is 3.28. The number of thiocarbonyl (C=S) groups is 1. The Morgan fingerprint density at radius 3 is 2.67 bits per heavy atom. The summed E-state index contributed by atoms with van der Waals surface area (Å²) >= 11 is 4.95. The average molecular weight is 269 g/mol. The Morgan fingerprint density at radius 2 is 2.06 bits per heavy atom. The molecular weight excluding hydrogens is 250 g/mol. The molecule has 0 bridgehead atoms. The van der Waals surface area contributed by atoms with Gasteiger partial charge in [-0.2, -0.15) is 0 Å². The van der Waals surface area contributed by atoms with E-state index in [1.807, 2.05) is 18.2 Å². The smallest absolute Gasteiger partial charge is 0.129 e. The van der Waals surface area contributed by atoms with E-state index in [0.717, 1.165) is 17.5 Å². The van der Waals surface area contributed by atoms with Crippen LogP contribution < -0.4 is 10.5 Å². The number of rotatable bonds is 8. The largest absolute Gasteiger partial charge is 0.496 e. The highest BCUT2D eigenvalue weighted by Gasteiger charge is 2.06. The van der Waals surface area contributed by atoms with Crippen molar-refractivity contribution in [2.45, 2.75) is 13.0 Å². The topological polar surface area (TPSA) is 53.7 Å². The molecule has 0 heterocycles. The van der Waals surface area contributed by atoms with E-state index in [-0.39, 0.29) is 0 Å². The first-order valence-corrected chi connectivity index (χ1v) is 6.13. The van der Waals surface area contributed by atoms with Gasteiger partial charge in [-0.05, 0) is 24.1 Å². The maximum atomic E-state index is 5.60. The molecule has 0 aliphatic carbocycles. The highest BCUT2D eigenvalue weighted by molar-refractivity contribution is 7.80. The van der Waals surface area contributed by atoms with Crippen LogP contribution in [0.1, 0.15) is 17.5 Å². The molecule has 0 fully saturated rings. The van der Waals surface area contributed by atoms with E-state index >= 15 is 0 Å². The maximum Gasteiger partial charge on any atom is 0.129 e. The van der Waals surface area contributed by atoms with Gasteiger partial charge in [0.25, 0.3) is 0 Å². The van der Waals surface area contributed by atoms with Crippen molar-refractivity contribution in [1.29, 1.82) is 0 Å². The fourth-order valence-corrected chi connectivity index (χ4v) is 1.69. The molecular formula is C13H19NO3S. The average Bonchev–Trinajstić information content (AvgIpc) is 2.38. The minimum Gasteiger partial charge on any atom is -0.496 e. The quantitative estimate of drug-likeness (QED) is 0.577. The molecule has 0 aliphatic heterocycles. The first kappa shape index (κ1) is 14.9. The van der Waals surface area contributed by atoms with Crippen molar-refractivity contribution in [3.8, 4) is 5.75 Å². The van der Waals surface area contributed by atoms with Gasteiger partial charge in [0.15, 0.2) is 0 Å². The van der Waals surface area contributed by atoms with Crippen LogP contribution >= 0.6 is 12.2 Å². The van der Waals surface area contributed by atoms with Gasteiger partial charge in [0.2, 0.25) is 0 Å². The Morgan fingerprint density at radius 1 is 1.28 bits per heavy atom. The fraction of sp³-hybridized carbons (Fsp3) is 0.462. The molecule has 18 heavy (non-hydrogen) atoms. The Bertz CT molecular complexity index is 396. The van der Waals surface area contributed by atoms with E-state index < -0.39 is 0 Å². The summed E-state index contributed by atoms with van der Waals surface area (Å²) in [5, 5.41) is 0. The Balaban J connectivity index is 2.54. The zero-order valence-corrected chi connectivity index (χ0v) is 11.6. The van der Waals surface area contributed by atoms with Gasteiger partial charge in [0.05, 0.1) is 19.3 Å². The summed E-state index contributed by atoms with van der Waals surface area (Å²) in [6.45, 7) is 1.93. The molecule has 1 aromatic rings. The van der Waals surface area contributed by atoms with Gasteiger partial charge in [-0.1, -0.05) is 18.3 Å². The molecule has 4 nitrogen and oxygen atoms in total. The second-order valence-electron chi connectivity index (χ2n) is 3.80. The van der Waals surface area contributed by atoms with E-state index in [1.54, 1.807) is 14.2 Å². The molecule has 0 aromatic heterocycles. The van der Waals surface area contributed by atoms with Gasteiger partial charge in [-0.25, -0.2) is 0 Å². The maximum absolute atomic E-state index is 5.60. The molecule has 0 unspecified atom stereocenters. The van der Waals surface area contributed by atoms with Crippen LogP contribution in [0.2, 0.25) is 0 Å². The van der Waals surface area contributed by atoms with Gasteiger partial charge in [0.1, 0.15) is 10.7 Å². The Hall–Kier alpha value is -1.17. The van der Waals surface area contributed by atoms with Crippen molar-refractivity contribution in [3.63, 3.8) is 0 Å². The van der Waals surface area contributed by atoms with Crippen molar-refractivity contribution < 1.29 is 14.2 Å². The van der Waals surface area contributed by atoms with Crippen LogP contribution in [0.5, 0.6) is 5.75 Å². The Labute approximate surface area is 113 Å². The summed E-state index contributed by atoms with van der Waals surface area (Å²) in [6, 6.07) is 5.69. The zero-order valence-electron chi connectivity index (χ0n) is 10.8. The first-order chi connectivity index (χ1) is 8.69. The third-order valence-corrected chi connectivity index (χ3v) is 2.66. The lowest BCUT2D eigenvalue weighted by atomic mass is 10.1. The van der Waals surface area contributed by atoms with E-state index in [9.17, 15) is 0 Å². The number of ether oxygens (including phenoxy) is 3.